The van der Waals surface area contributed by atoms with Crippen molar-refractivity contribution in [3.8, 4) is 0 Å². The predicted molar refractivity (Wildman–Crippen MR) is 56.1 cm³/mol. The second-order valence-corrected chi connectivity index (χ2v) is 3.90. The van der Waals surface area contributed by atoms with Crippen LogP contribution in [-0.4, -0.2) is 47.5 Å². The van der Waals surface area contributed by atoms with Gasteiger partial charge in [0.25, 0.3) is 0 Å². The number of carboxylic acid groups (broad SMARTS) is 1. The molecular formula is C9H15ClN2O3. The molecule has 2 amide bonds. The number of halogens is 1. The van der Waals surface area contributed by atoms with E-state index in [9.17, 15) is 9.59 Å². The van der Waals surface area contributed by atoms with Crippen LogP contribution in [0.3, 0.4) is 0 Å². The number of nitrogens with one attached hydrogen (secondary N) is 1. The third-order valence-electron chi connectivity index (χ3n) is 2.50. The van der Waals surface area contributed by atoms with Crippen molar-refractivity contribution in [2.45, 2.75) is 12.8 Å². The zero-order valence-corrected chi connectivity index (χ0v) is 9.16. The average molecular weight is 235 g/mol. The number of alkyl halides is 1. The first kappa shape index (κ1) is 12.1. The molecule has 0 saturated carbocycles. The van der Waals surface area contributed by atoms with Crippen molar-refractivity contribution in [3.05, 3.63) is 0 Å². The first-order chi connectivity index (χ1) is 7.15. The van der Waals surface area contributed by atoms with Gasteiger partial charge in [0.1, 0.15) is 0 Å². The van der Waals surface area contributed by atoms with E-state index >= 15 is 0 Å². The first-order valence-corrected chi connectivity index (χ1v) is 5.50. The van der Waals surface area contributed by atoms with Crippen LogP contribution in [0.25, 0.3) is 0 Å². The number of carboxylic acids is 1. The van der Waals surface area contributed by atoms with Crippen molar-refractivity contribution in [1.29, 1.82) is 0 Å². The van der Waals surface area contributed by atoms with Gasteiger partial charge in [-0.1, -0.05) is 0 Å². The largest absolute Gasteiger partial charge is 0.481 e. The van der Waals surface area contributed by atoms with Crippen molar-refractivity contribution in [3.63, 3.8) is 0 Å². The fraction of sp³-hybridized carbons (Fsp3) is 0.778. The molecule has 5 nitrogen and oxygen atoms in total. The zero-order chi connectivity index (χ0) is 11.3. The molecule has 0 unspecified atom stereocenters. The van der Waals surface area contributed by atoms with Crippen molar-refractivity contribution in [2.75, 3.05) is 25.5 Å². The lowest BCUT2D eigenvalue weighted by Gasteiger charge is -2.30. The van der Waals surface area contributed by atoms with Crippen molar-refractivity contribution < 1.29 is 14.7 Å². The van der Waals surface area contributed by atoms with Crippen molar-refractivity contribution in [2.24, 2.45) is 5.92 Å². The number of nitrogens with zero attached hydrogens (tertiary/aromatic N) is 1. The van der Waals surface area contributed by atoms with E-state index in [1.807, 2.05) is 0 Å². The van der Waals surface area contributed by atoms with Crippen molar-refractivity contribution in [1.82, 2.24) is 10.2 Å². The number of piperidine rings is 1. The third kappa shape index (κ3) is 3.58. The van der Waals surface area contributed by atoms with Crippen LogP contribution >= 0.6 is 11.6 Å². The molecule has 1 aliphatic rings. The highest BCUT2D eigenvalue weighted by Crippen LogP contribution is 2.16. The number of hydrogen-bond donors (Lipinski definition) is 2. The molecule has 0 atom stereocenters. The van der Waals surface area contributed by atoms with E-state index in [0.717, 1.165) is 0 Å². The Morgan fingerprint density at radius 1 is 1.40 bits per heavy atom. The zero-order valence-electron chi connectivity index (χ0n) is 8.41. The molecule has 0 aliphatic carbocycles. The van der Waals surface area contributed by atoms with Crippen LogP contribution in [0.2, 0.25) is 0 Å². The Labute approximate surface area is 93.4 Å². The van der Waals surface area contributed by atoms with Gasteiger partial charge in [0.15, 0.2) is 0 Å². The van der Waals surface area contributed by atoms with Gasteiger partial charge in [-0.3, -0.25) is 4.79 Å². The van der Waals surface area contributed by atoms with Crippen LogP contribution in [0, 0.1) is 5.92 Å². The molecule has 1 saturated heterocycles. The number of rotatable bonds is 3. The summed E-state index contributed by atoms with van der Waals surface area (Å²) in [5.41, 5.74) is 0. The van der Waals surface area contributed by atoms with Gasteiger partial charge in [-0.25, -0.2) is 4.79 Å². The Bertz CT molecular complexity index is 240. The highest BCUT2D eigenvalue weighted by Gasteiger charge is 2.26. The number of urea groups is 1. The van der Waals surface area contributed by atoms with E-state index in [-0.39, 0.29) is 11.9 Å². The quantitative estimate of drug-likeness (QED) is 0.708. The Kier molecular flexibility index (Phi) is 4.68. The molecule has 0 radical (unpaired) electrons. The van der Waals surface area contributed by atoms with Gasteiger partial charge in [0, 0.05) is 25.5 Å². The maximum Gasteiger partial charge on any atom is 0.317 e. The molecule has 0 aromatic carbocycles. The molecule has 0 aromatic rings. The highest BCUT2D eigenvalue weighted by molar-refractivity contribution is 6.18. The van der Waals surface area contributed by atoms with E-state index in [0.29, 0.717) is 38.4 Å². The average Bonchev–Trinajstić information content (AvgIpc) is 2.26. The van der Waals surface area contributed by atoms with Crippen LogP contribution in [0.4, 0.5) is 4.79 Å². The van der Waals surface area contributed by atoms with E-state index in [1.165, 1.54) is 0 Å². The number of aliphatic carboxylic acids is 1. The lowest BCUT2D eigenvalue weighted by Crippen LogP contribution is -2.45. The van der Waals surface area contributed by atoms with Crippen LogP contribution in [0.5, 0.6) is 0 Å². The van der Waals surface area contributed by atoms with Gasteiger partial charge in [0.2, 0.25) is 0 Å². The van der Waals surface area contributed by atoms with Crippen molar-refractivity contribution >= 4 is 23.6 Å². The molecule has 6 heteroatoms. The number of hydrogen-bond acceptors (Lipinski definition) is 2. The summed E-state index contributed by atoms with van der Waals surface area (Å²) >= 11 is 5.44. The molecular weight excluding hydrogens is 220 g/mol. The number of carbonyl (C=O) groups excluding carboxylic acids is 1. The maximum atomic E-state index is 11.4. The standard InChI is InChI=1S/C9H15ClN2O3/c10-3-4-11-9(15)12-5-1-7(2-6-12)8(13)14/h7H,1-6H2,(H,11,15)(H,13,14). The second kappa shape index (κ2) is 5.80. The summed E-state index contributed by atoms with van der Waals surface area (Å²) in [6.07, 6.45) is 1.06. The molecule has 0 spiro atoms. The second-order valence-electron chi connectivity index (χ2n) is 3.52. The maximum absolute atomic E-state index is 11.4. The van der Waals surface area contributed by atoms with Gasteiger partial charge in [-0.15, -0.1) is 11.6 Å². The van der Waals surface area contributed by atoms with Crippen LogP contribution in [0.1, 0.15) is 12.8 Å². The molecule has 86 valence electrons. The Morgan fingerprint density at radius 2 is 2.00 bits per heavy atom. The molecule has 2 N–H and O–H groups in total. The third-order valence-corrected chi connectivity index (χ3v) is 2.69. The smallest absolute Gasteiger partial charge is 0.317 e. The van der Waals surface area contributed by atoms with Crippen LogP contribution < -0.4 is 5.32 Å². The van der Waals surface area contributed by atoms with Gasteiger partial charge < -0.3 is 15.3 Å². The first-order valence-electron chi connectivity index (χ1n) is 4.96. The van der Waals surface area contributed by atoms with E-state index in [1.54, 1.807) is 4.90 Å². The van der Waals surface area contributed by atoms with E-state index < -0.39 is 5.97 Å². The van der Waals surface area contributed by atoms with Gasteiger partial charge in [0.05, 0.1) is 5.92 Å². The fourth-order valence-electron chi connectivity index (χ4n) is 1.60. The van der Waals surface area contributed by atoms with E-state index in [2.05, 4.69) is 5.32 Å². The minimum absolute atomic E-state index is 0.153. The van der Waals surface area contributed by atoms with Gasteiger partial charge >= 0.3 is 12.0 Å². The van der Waals surface area contributed by atoms with Crippen LogP contribution in [0.15, 0.2) is 0 Å². The predicted octanol–water partition coefficient (Wildman–Crippen LogP) is 0.731. The van der Waals surface area contributed by atoms with Gasteiger partial charge in [-0.05, 0) is 12.8 Å². The summed E-state index contributed by atoms with van der Waals surface area (Å²) in [7, 11) is 0. The SMILES string of the molecule is O=C(O)C1CCN(C(=O)NCCCl)CC1. The number of carbonyl (C=O) groups is 2. The Balaban J connectivity index is 2.30. The fourth-order valence-corrected chi connectivity index (χ4v) is 1.69. The lowest BCUT2D eigenvalue weighted by molar-refractivity contribution is -0.143. The monoisotopic (exact) mass is 234 g/mol. The topological polar surface area (TPSA) is 69.6 Å². The number of likely N-dealkylation sites (tertiary alicyclic amines) is 1. The minimum Gasteiger partial charge on any atom is -0.481 e. The summed E-state index contributed by atoms with van der Waals surface area (Å²) in [5.74, 6) is -0.685. The summed E-state index contributed by atoms with van der Waals surface area (Å²) < 4.78 is 0. The summed E-state index contributed by atoms with van der Waals surface area (Å²) in [4.78, 5) is 23.7. The molecule has 0 bridgehead atoms. The molecule has 1 heterocycles. The Morgan fingerprint density at radius 3 is 2.47 bits per heavy atom. The molecule has 0 aromatic heterocycles. The normalized spacial score (nSPS) is 17.5. The summed E-state index contributed by atoms with van der Waals surface area (Å²) in [6.45, 7) is 1.45. The summed E-state index contributed by atoms with van der Waals surface area (Å²) in [5, 5.41) is 11.4. The molecule has 1 fully saturated rings. The highest BCUT2D eigenvalue weighted by atomic mass is 35.5. The molecule has 1 rings (SSSR count). The minimum atomic E-state index is -0.768. The van der Waals surface area contributed by atoms with Crippen LogP contribution in [-0.2, 0) is 4.79 Å². The molecule has 1 aliphatic heterocycles. The molecule has 15 heavy (non-hydrogen) atoms. The van der Waals surface area contributed by atoms with E-state index in [4.69, 9.17) is 16.7 Å². The Hall–Kier alpha value is -0.970. The van der Waals surface area contributed by atoms with Gasteiger partial charge in [-0.2, -0.15) is 0 Å². The summed E-state index contributed by atoms with van der Waals surface area (Å²) in [6, 6.07) is -0.153. The number of amides is 2. The lowest BCUT2D eigenvalue weighted by atomic mass is 9.97.